The summed E-state index contributed by atoms with van der Waals surface area (Å²) in [6.07, 6.45) is 3.56. The average molecular weight is 353 g/mol. The number of tetrazole rings is 1. The average Bonchev–Trinajstić information content (AvgIpc) is 3.12. The predicted molar refractivity (Wildman–Crippen MR) is 85.4 cm³/mol. The lowest BCUT2D eigenvalue weighted by Gasteiger charge is -2.17. The van der Waals surface area contributed by atoms with Crippen LogP contribution in [0.5, 0.6) is 0 Å². The van der Waals surface area contributed by atoms with E-state index >= 15 is 0 Å². The number of hydrogen-bond donors (Lipinski definition) is 1. The number of hydrogen-bond acceptors (Lipinski definition) is 7. The van der Waals surface area contributed by atoms with Crippen LogP contribution in [0.4, 0.5) is 4.39 Å². The molecule has 8 nitrogen and oxygen atoms in total. The highest BCUT2D eigenvalue weighted by Gasteiger charge is 2.23. The zero-order valence-corrected chi connectivity index (χ0v) is 13.9. The minimum Gasteiger partial charge on any atom is -0.467 e. The second kappa shape index (κ2) is 8.39. The van der Waals surface area contributed by atoms with Crippen LogP contribution in [0.2, 0.25) is 0 Å². The van der Waals surface area contributed by atoms with E-state index < -0.39 is 23.7 Å². The molecule has 2 aromatic rings. The van der Waals surface area contributed by atoms with Crippen LogP contribution in [0, 0.1) is 5.82 Å². The molecule has 0 aliphatic rings. The fraction of sp³-hybridized carbons (Fsp3) is 0.357. The van der Waals surface area contributed by atoms with Gasteiger partial charge in [0, 0.05) is 6.07 Å². The summed E-state index contributed by atoms with van der Waals surface area (Å²) in [6.45, 7) is 0. The summed E-state index contributed by atoms with van der Waals surface area (Å²) >= 11 is 1.54. The van der Waals surface area contributed by atoms with Gasteiger partial charge < -0.3 is 10.1 Å². The molecule has 24 heavy (non-hydrogen) atoms. The van der Waals surface area contributed by atoms with E-state index in [-0.39, 0.29) is 11.3 Å². The maximum Gasteiger partial charge on any atom is 0.328 e. The first-order valence-corrected chi connectivity index (χ1v) is 8.36. The molecule has 1 amide bonds. The third kappa shape index (κ3) is 4.28. The maximum atomic E-state index is 13.5. The van der Waals surface area contributed by atoms with Gasteiger partial charge in [-0.3, -0.25) is 4.79 Å². The number of methoxy groups -OCH3 is 1. The van der Waals surface area contributed by atoms with Crippen molar-refractivity contribution in [3.05, 3.63) is 35.9 Å². The number of benzene rings is 1. The van der Waals surface area contributed by atoms with Crippen molar-refractivity contribution in [3.8, 4) is 5.69 Å². The van der Waals surface area contributed by atoms with Crippen LogP contribution in [-0.4, -0.2) is 57.2 Å². The van der Waals surface area contributed by atoms with Gasteiger partial charge in [-0.2, -0.15) is 16.4 Å². The van der Waals surface area contributed by atoms with Gasteiger partial charge in [0.15, 0.2) is 0 Å². The number of rotatable bonds is 7. The third-order valence-electron chi connectivity index (χ3n) is 3.20. The monoisotopic (exact) mass is 353 g/mol. The lowest BCUT2D eigenvalue weighted by atomic mass is 10.1. The highest BCUT2D eigenvalue weighted by atomic mass is 32.2. The van der Waals surface area contributed by atoms with Gasteiger partial charge in [-0.15, -0.1) is 5.10 Å². The summed E-state index contributed by atoms with van der Waals surface area (Å²) in [7, 11) is 1.25. The van der Waals surface area contributed by atoms with Gasteiger partial charge in [-0.05, 0) is 41.0 Å². The van der Waals surface area contributed by atoms with E-state index in [1.54, 1.807) is 11.8 Å². The number of aromatic nitrogens is 4. The Morgan fingerprint density at radius 2 is 2.25 bits per heavy atom. The summed E-state index contributed by atoms with van der Waals surface area (Å²) in [5.74, 6) is -0.951. The van der Waals surface area contributed by atoms with Crippen molar-refractivity contribution in [2.24, 2.45) is 0 Å². The van der Waals surface area contributed by atoms with Crippen LogP contribution < -0.4 is 5.32 Å². The van der Waals surface area contributed by atoms with E-state index in [1.807, 2.05) is 6.26 Å². The molecule has 0 unspecified atom stereocenters. The Hall–Kier alpha value is -2.49. The lowest BCUT2D eigenvalue weighted by molar-refractivity contribution is -0.142. The number of nitrogens with zero attached hydrogens (tertiary/aromatic N) is 4. The van der Waals surface area contributed by atoms with Crippen LogP contribution in [0.1, 0.15) is 16.8 Å². The van der Waals surface area contributed by atoms with Gasteiger partial charge in [-0.25, -0.2) is 9.18 Å². The number of carbonyl (C=O) groups excluding carboxylic acids is 2. The molecule has 1 N–H and O–H groups in total. The van der Waals surface area contributed by atoms with Gasteiger partial charge in [0.25, 0.3) is 5.91 Å². The van der Waals surface area contributed by atoms with E-state index in [2.05, 4.69) is 20.8 Å². The molecule has 0 saturated carbocycles. The van der Waals surface area contributed by atoms with Crippen LogP contribution in [0.3, 0.4) is 0 Å². The van der Waals surface area contributed by atoms with E-state index in [4.69, 9.17) is 4.74 Å². The number of ether oxygens (including phenoxy) is 1. The Morgan fingerprint density at radius 1 is 1.46 bits per heavy atom. The molecule has 128 valence electrons. The number of thioether (sulfide) groups is 1. The molecule has 10 heteroatoms. The molecular weight excluding hydrogens is 337 g/mol. The zero-order valence-electron chi connectivity index (χ0n) is 13.1. The van der Waals surface area contributed by atoms with Crippen molar-refractivity contribution in [1.82, 2.24) is 25.5 Å². The van der Waals surface area contributed by atoms with Gasteiger partial charge in [-0.1, -0.05) is 0 Å². The fourth-order valence-corrected chi connectivity index (χ4v) is 2.49. The second-order valence-electron chi connectivity index (χ2n) is 4.75. The number of amides is 1. The minimum atomic E-state index is -0.790. The molecule has 0 radical (unpaired) electrons. The number of halogens is 1. The molecule has 1 aromatic heterocycles. The molecule has 2 rings (SSSR count). The Labute approximate surface area is 141 Å². The van der Waals surface area contributed by atoms with E-state index in [9.17, 15) is 14.0 Å². The lowest BCUT2D eigenvalue weighted by Crippen LogP contribution is -2.42. The molecule has 0 aliphatic heterocycles. The van der Waals surface area contributed by atoms with E-state index in [1.165, 1.54) is 24.2 Å². The van der Waals surface area contributed by atoms with Gasteiger partial charge in [0.2, 0.25) is 0 Å². The summed E-state index contributed by atoms with van der Waals surface area (Å²) in [6, 6.07) is 2.81. The smallest absolute Gasteiger partial charge is 0.328 e. The third-order valence-corrected chi connectivity index (χ3v) is 3.85. The zero-order chi connectivity index (χ0) is 17.5. The molecule has 0 saturated heterocycles. The molecule has 1 heterocycles. The molecule has 0 fully saturated rings. The Balaban J connectivity index is 2.27. The number of esters is 1. The van der Waals surface area contributed by atoms with E-state index in [0.29, 0.717) is 12.2 Å². The topological polar surface area (TPSA) is 99.0 Å². The normalized spacial score (nSPS) is 11.8. The molecule has 0 aliphatic carbocycles. The van der Waals surface area contributed by atoms with Crippen molar-refractivity contribution in [2.75, 3.05) is 19.1 Å². The number of nitrogens with one attached hydrogen (secondary N) is 1. The summed E-state index contributed by atoms with van der Waals surface area (Å²) in [4.78, 5) is 24.3. The van der Waals surface area contributed by atoms with Crippen molar-refractivity contribution < 1.29 is 18.7 Å². The van der Waals surface area contributed by atoms with Crippen molar-refractivity contribution >= 4 is 23.6 Å². The standard InChI is InChI=1S/C14H16FN5O3S/c1-23-14(22)11(5-6-24-2)17-13(21)10-4-3-9(15)7-12(10)20-8-16-18-19-20/h3-4,7-8,11H,5-6H2,1-2H3,(H,17,21)/t11-/m0/s1. The first kappa shape index (κ1) is 17.9. The number of carbonyl (C=O) groups is 2. The summed E-state index contributed by atoms with van der Waals surface area (Å²) in [5.41, 5.74) is 0.313. The van der Waals surface area contributed by atoms with Crippen molar-refractivity contribution in [1.29, 1.82) is 0 Å². The summed E-state index contributed by atoms with van der Waals surface area (Å²) in [5, 5.41) is 13.2. The predicted octanol–water partition coefficient (Wildman–Crippen LogP) is 0.826. The molecule has 0 bridgehead atoms. The summed E-state index contributed by atoms with van der Waals surface area (Å²) < 4.78 is 19.4. The molecule has 0 spiro atoms. The molecule has 1 atom stereocenters. The Bertz CT molecular complexity index is 710. The highest BCUT2D eigenvalue weighted by molar-refractivity contribution is 7.98. The minimum absolute atomic E-state index is 0.141. The molecular formula is C14H16FN5O3S. The van der Waals surface area contributed by atoms with E-state index in [0.717, 1.165) is 12.1 Å². The van der Waals surface area contributed by atoms with Crippen LogP contribution >= 0.6 is 11.8 Å². The Kier molecular flexibility index (Phi) is 6.24. The first-order chi connectivity index (χ1) is 11.6. The Morgan fingerprint density at radius 3 is 2.88 bits per heavy atom. The first-order valence-electron chi connectivity index (χ1n) is 6.97. The van der Waals surface area contributed by atoms with Gasteiger partial charge in [0.1, 0.15) is 18.2 Å². The van der Waals surface area contributed by atoms with Crippen molar-refractivity contribution in [3.63, 3.8) is 0 Å². The van der Waals surface area contributed by atoms with Gasteiger partial charge >= 0.3 is 5.97 Å². The highest BCUT2D eigenvalue weighted by Crippen LogP contribution is 2.16. The second-order valence-corrected chi connectivity index (χ2v) is 5.73. The van der Waals surface area contributed by atoms with Gasteiger partial charge in [0.05, 0.1) is 18.4 Å². The quantitative estimate of drug-likeness (QED) is 0.736. The SMILES string of the molecule is COC(=O)[C@H](CCSC)NC(=O)c1ccc(F)cc1-n1cnnn1. The largest absolute Gasteiger partial charge is 0.467 e. The maximum absolute atomic E-state index is 13.5. The van der Waals surface area contributed by atoms with Crippen LogP contribution in [0.25, 0.3) is 5.69 Å². The molecule has 1 aromatic carbocycles. The fourth-order valence-electron chi connectivity index (χ4n) is 2.02. The van der Waals surface area contributed by atoms with Crippen molar-refractivity contribution in [2.45, 2.75) is 12.5 Å². The van der Waals surface area contributed by atoms with Crippen LogP contribution in [-0.2, 0) is 9.53 Å². The van der Waals surface area contributed by atoms with Crippen LogP contribution in [0.15, 0.2) is 24.5 Å².